The van der Waals surface area contributed by atoms with E-state index in [1.807, 2.05) is 43.3 Å². The van der Waals surface area contributed by atoms with Crippen LogP contribution in [-0.4, -0.2) is 15.9 Å². The summed E-state index contributed by atoms with van der Waals surface area (Å²) in [5, 5.41) is 6.08. The Bertz CT molecular complexity index is 816. The molecule has 0 bridgehead atoms. The fourth-order valence-electron chi connectivity index (χ4n) is 2.25. The van der Waals surface area contributed by atoms with Crippen LogP contribution in [-0.2, 0) is 6.54 Å². The van der Waals surface area contributed by atoms with Gasteiger partial charge < -0.3 is 10.6 Å². The summed E-state index contributed by atoms with van der Waals surface area (Å²) in [5.74, 6) is 0.361. The molecule has 2 N–H and O–H groups in total. The summed E-state index contributed by atoms with van der Waals surface area (Å²) in [7, 11) is 0. The number of rotatable bonds is 5. The maximum Gasteiger partial charge on any atom is 0.256 e. The van der Waals surface area contributed by atoms with Crippen LogP contribution in [0.4, 0.5) is 11.5 Å². The molecule has 2 heterocycles. The summed E-state index contributed by atoms with van der Waals surface area (Å²) >= 11 is 0. The molecule has 0 saturated carbocycles. The molecule has 3 rings (SSSR count). The zero-order chi connectivity index (χ0) is 16.8. The van der Waals surface area contributed by atoms with Crippen molar-refractivity contribution in [2.24, 2.45) is 0 Å². The van der Waals surface area contributed by atoms with Crippen molar-refractivity contribution in [2.45, 2.75) is 13.5 Å². The Kier molecular flexibility index (Phi) is 4.81. The maximum absolute atomic E-state index is 12.2. The minimum Gasteiger partial charge on any atom is -0.380 e. The van der Waals surface area contributed by atoms with Crippen LogP contribution < -0.4 is 10.6 Å². The van der Waals surface area contributed by atoms with Gasteiger partial charge in [-0.1, -0.05) is 17.7 Å². The molecule has 0 unspecified atom stereocenters. The second kappa shape index (κ2) is 7.37. The van der Waals surface area contributed by atoms with Gasteiger partial charge in [0.2, 0.25) is 0 Å². The number of hydrogen-bond acceptors (Lipinski definition) is 4. The number of anilines is 2. The van der Waals surface area contributed by atoms with Crippen LogP contribution in [0.25, 0.3) is 0 Å². The Morgan fingerprint density at radius 3 is 2.62 bits per heavy atom. The minimum absolute atomic E-state index is 0.163. The Labute approximate surface area is 140 Å². The molecule has 0 spiro atoms. The van der Waals surface area contributed by atoms with Crippen LogP contribution in [0.3, 0.4) is 0 Å². The number of aryl methyl sites for hydroxylation is 1. The summed E-state index contributed by atoms with van der Waals surface area (Å²) in [6.07, 6.45) is 5.23. The van der Waals surface area contributed by atoms with E-state index in [0.717, 1.165) is 16.8 Å². The number of pyridine rings is 2. The highest BCUT2D eigenvalue weighted by atomic mass is 16.1. The Morgan fingerprint density at radius 2 is 1.92 bits per heavy atom. The summed E-state index contributed by atoms with van der Waals surface area (Å²) in [4.78, 5) is 20.5. The van der Waals surface area contributed by atoms with Gasteiger partial charge in [0, 0.05) is 24.5 Å². The molecule has 0 radical (unpaired) electrons. The molecule has 2 aromatic heterocycles. The average molecular weight is 318 g/mol. The Morgan fingerprint density at radius 1 is 1.08 bits per heavy atom. The van der Waals surface area contributed by atoms with Crippen molar-refractivity contribution in [2.75, 3.05) is 10.6 Å². The van der Waals surface area contributed by atoms with E-state index in [2.05, 4.69) is 20.6 Å². The number of hydrogen-bond donors (Lipinski definition) is 2. The van der Waals surface area contributed by atoms with Crippen molar-refractivity contribution in [1.29, 1.82) is 0 Å². The van der Waals surface area contributed by atoms with Crippen LogP contribution in [0.1, 0.15) is 21.5 Å². The van der Waals surface area contributed by atoms with E-state index < -0.39 is 0 Å². The lowest BCUT2D eigenvalue weighted by molar-refractivity contribution is 0.102. The van der Waals surface area contributed by atoms with Gasteiger partial charge in [-0.15, -0.1) is 0 Å². The number of aromatic nitrogens is 2. The fraction of sp³-hybridized carbons (Fsp3) is 0.105. The van der Waals surface area contributed by atoms with Gasteiger partial charge in [0.25, 0.3) is 5.91 Å². The highest BCUT2D eigenvalue weighted by Crippen LogP contribution is 2.13. The van der Waals surface area contributed by atoms with Gasteiger partial charge >= 0.3 is 0 Å². The zero-order valence-corrected chi connectivity index (χ0v) is 13.4. The van der Waals surface area contributed by atoms with E-state index in [0.29, 0.717) is 17.9 Å². The third-order valence-corrected chi connectivity index (χ3v) is 3.53. The van der Waals surface area contributed by atoms with Crippen molar-refractivity contribution in [3.05, 3.63) is 83.8 Å². The molecule has 0 aliphatic heterocycles. The van der Waals surface area contributed by atoms with Gasteiger partial charge in [-0.3, -0.25) is 9.78 Å². The zero-order valence-electron chi connectivity index (χ0n) is 13.4. The molecule has 120 valence electrons. The topological polar surface area (TPSA) is 66.9 Å². The molecular weight excluding hydrogens is 300 g/mol. The van der Waals surface area contributed by atoms with Crippen molar-refractivity contribution in [3.8, 4) is 0 Å². The Hall–Kier alpha value is -3.21. The minimum atomic E-state index is -0.163. The predicted molar refractivity (Wildman–Crippen MR) is 94.9 cm³/mol. The van der Waals surface area contributed by atoms with E-state index >= 15 is 0 Å². The standard InChI is InChI=1S/C19H18N4O/c1-14-3-2-4-16(11-14)19(24)23-18-6-5-17(13-22-18)21-12-15-7-9-20-10-8-15/h2-11,13,21H,12H2,1H3,(H,22,23,24). The highest BCUT2D eigenvalue weighted by Gasteiger charge is 2.06. The third-order valence-electron chi connectivity index (χ3n) is 3.53. The second-order valence-electron chi connectivity index (χ2n) is 5.46. The molecule has 0 saturated heterocycles. The van der Waals surface area contributed by atoms with Crippen LogP contribution in [0.5, 0.6) is 0 Å². The molecule has 1 aromatic carbocycles. The van der Waals surface area contributed by atoms with Gasteiger partial charge in [0.1, 0.15) is 5.82 Å². The molecule has 1 amide bonds. The smallest absolute Gasteiger partial charge is 0.256 e. The largest absolute Gasteiger partial charge is 0.380 e. The molecule has 3 aromatic rings. The average Bonchev–Trinajstić information content (AvgIpc) is 2.62. The van der Waals surface area contributed by atoms with E-state index in [4.69, 9.17) is 0 Å². The van der Waals surface area contributed by atoms with Crippen LogP contribution in [0, 0.1) is 6.92 Å². The van der Waals surface area contributed by atoms with Gasteiger partial charge in [-0.2, -0.15) is 0 Å². The lowest BCUT2D eigenvalue weighted by Crippen LogP contribution is -2.13. The van der Waals surface area contributed by atoms with Crippen molar-refractivity contribution < 1.29 is 4.79 Å². The quantitative estimate of drug-likeness (QED) is 0.753. The monoisotopic (exact) mass is 318 g/mol. The predicted octanol–water partition coefficient (Wildman–Crippen LogP) is 3.65. The molecule has 5 heteroatoms. The first-order valence-electron chi connectivity index (χ1n) is 7.67. The second-order valence-corrected chi connectivity index (χ2v) is 5.46. The number of amides is 1. The van der Waals surface area contributed by atoms with E-state index in [1.54, 1.807) is 30.7 Å². The third kappa shape index (κ3) is 4.16. The van der Waals surface area contributed by atoms with E-state index in [1.165, 1.54) is 0 Å². The van der Waals surface area contributed by atoms with Gasteiger partial charge in [0.15, 0.2) is 0 Å². The molecular formula is C19H18N4O. The summed E-state index contributed by atoms with van der Waals surface area (Å²) in [5.41, 5.74) is 3.70. The maximum atomic E-state index is 12.2. The first-order valence-corrected chi connectivity index (χ1v) is 7.67. The van der Waals surface area contributed by atoms with E-state index in [-0.39, 0.29) is 5.91 Å². The number of nitrogens with zero attached hydrogens (tertiary/aromatic N) is 2. The lowest BCUT2D eigenvalue weighted by atomic mass is 10.1. The van der Waals surface area contributed by atoms with Crippen molar-refractivity contribution in [3.63, 3.8) is 0 Å². The Balaban J connectivity index is 1.59. The fourth-order valence-corrected chi connectivity index (χ4v) is 2.25. The first-order chi connectivity index (χ1) is 11.7. The molecule has 0 fully saturated rings. The number of carbonyl (C=O) groups is 1. The van der Waals surface area contributed by atoms with E-state index in [9.17, 15) is 4.79 Å². The lowest BCUT2D eigenvalue weighted by Gasteiger charge is -2.08. The number of nitrogens with one attached hydrogen (secondary N) is 2. The first kappa shape index (κ1) is 15.7. The molecule has 0 atom stereocenters. The normalized spacial score (nSPS) is 10.2. The van der Waals surface area contributed by atoms with Crippen LogP contribution in [0.2, 0.25) is 0 Å². The molecule has 0 aliphatic rings. The summed E-state index contributed by atoms with van der Waals surface area (Å²) in [6, 6.07) is 15.0. The molecule has 0 aliphatic carbocycles. The number of benzene rings is 1. The van der Waals surface area contributed by atoms with Gasteiger partial charge in [0.05, 0.1) is 11.9 Å². The molecule has 5 nitrogen and oxygen atoms in total. The SMILES string of the molecule is Cc1cccc(C(=O)Nc2ccc(NCc3ccncc3)cn2)c1. The van der Waals surface area contributed by atoms with Crippen molar-refractivity contribution in [1.82, 2.24) is 9.97 Å². The molecule has 24 heavy (non-hydrogen) atoms. The number of carbonyl (C=O) groups excluding carboxylic acids is 1. The van der Waals surface area contributed by atoms with Crippen LogP contribution in [0.15, 0.2) is 67.1 Å². The summed E-state index contributed by atoms with van der Waals surface area (Å²) < 4.78 is 0. The summed E-state index contributed by atoms with van der Waals surface area (Å²) in [6.45, 7) is 2.65. The van der Waals surface area contributed by atoms with Crippen molar-refractivity contribution >= 4 is 17.4 Å². The van der Waals surface area contributed by atoms with Crippen LogP contribution >= 0.6 is 0 Å². The van der Waals surface area contributed by atoms with Gasteiger partial charge in [-0.05, 0) is 48.9 Å². The van der Waals surface area contributed by atoms with Gasteiger partial charge in [-0.25, -0.2) is 4.98 Å². The highest BCUT2D eigenvalue weighted by molar-refractivity contribution is 6.03.